The normalized spacial score (nSPS) is 11.6. The van der Waals surface area contributed by atoms with Crippen LogP contribution in [0.3, 0.4) is 0 Å². The molecule has 0 aliphatic carbocycles. The average Bonchev–Trinajstić information content (AvgIpc) is 3.12. The van der Waals surface area contributed by atoms with Crippen LogP contribution in [0.15, 0.2) is 63.1 Å². The lowest BCUT2D eigenvalue weighted by Gasteiger charge is -2.07. The summed E-state index contributed by atoms with van der Waals surface area (Å²) in [4.78, 5) is 4.44. The molecule has 2 heterocycles. The van der Waals surface area contributed by atoms with Gasteiger partial charge in [-0.05, 0) is 36.2 Å². The van der Waals surface area contributed by atoms with Gasteiger partial charge < -0.3 is 20.2 Å². The number of nitrogens with one attached hydrogen (secondary N) is 1. The second-order valence-corrected chi connectivity index (χ2v) is 6.68. The number of nitrogens with zero attached hydrogens (tertiary/aromatic N) is 1. The summed E-state index contributed by atoms with van der Waals surface area (Å²) < 4.78 is 10.1. The minimum Gasteiger partial charge on any atom is -0.454 e. The minimum atomic E-state index is 0.442. The molecule has 0 amide bonds. The lowest BCUT2D eigenvalue weighted by Crippen LogP contribution is -2.05. The van der Waals surface area contributed by atoms with Crippen LogP contribution >= 0.6 is 23.5 Å². The molecule has 0 saturated heterocycles. The van der Waals surface area contributed by atoms with Gasteiger partial charge in [-0.3, -0.25) is 10.1 Å². The van der Waals surface area contributed by atoms with E-state index in [1.165, 1.54) is 0 Å². The highest BCUT2D eigenvalue weighted by molar-refractivity contribution is 8.00. The number of fused-ring (bicyclic) bond motifs is 1. The number of ether oxygens (including phenoxy) is 1. The number of pyridine rings is 1. The third kappa shape index (κ3) is 6.18. The zero-order valence-electron chi connectivity index (χ0n) is 15.2. The van der Waals surface area contributed by atoms with E-state index >= 15 is 0 Å². The molecular weight excluding hydrogens is 384 g/mol. The number of furan rings is 1. The van der Waals surface area contributed by atoms with Gasteiger partial charge in [-0.15, -0.1) is 0 Å². The van der Waals surface area contributed by atoms with E-state index in [9.17, 15) is 0 Å². The number of anilines is 1. The summed E-state index contributed by atoms with van der Waals surface area (Å²) in [6.07, 6.45) is 2.37. The standard InChI is InChI=1S/C17H17ClN4OS.C2H6O/c18-13(17(19)24-20)7-8-21-12-5-6-14(22-10-12)16-9-11-3-1-2-4-15(11)23-16;1-3-2/h1-6,9-10,21H,7-8,19-20H2;1-2H3/b17-13+;. The zero-order chi connectivity index (χ0) is 19.6. The molecule has 0 aliphatic rings. The molecule has 8 heteroatoms. The summed E-state index contributed by atoms with van der Waals surface area (Å²) in [5, 5.41) is 10.7. The highest BCUT2D eigenvalue weighted by Crippen LogP contribution is 2.26. The molecule has 27 heavy (non-hydrogen) atoms. The van der Waals surface area contributed by atoms with Gasteiger partial charge in [0, 0.05) is 32.6 Å². The molecule has 0 atom stereocenters. The van der Waals surface area contributed by atoms with Crippen molar-refractivity contribution in [2.24, 2.45) is 10.9 Å². The summed E-state index contributed by atoms with van der Waals surface area (Å²) >= 11 is 6.98. The number of para-hydroxylation sites is 1. The van der Waals surface area contributed by atoms with Gasteiger partial charge in [0.25, 0.3) is 0 Å². The van der Waals surface area contributed by atoms with Crippen LogP contribution in [-0.4, -0.2) is 25.7 Å². The molecule has 0 aliphatic heterocycles. The fourth-order valence-electron chi connectivity index (χ4n) is 2.26. The Bertz CT molecular complexity index is 848. The topological polar surface area (TPSA) is 99.3 Å². The van der Waals surface area contributed by atoms with E-state index in [1.54, 1.807) is 20.4 Å². The number of halogens is 1. The van der Waals surface area contributed by atoms with Gasteiger partial charge in [0.15, 0.2) is 5.76 Å². The van der Waals surface area contributed by atoms with Crippen LogP contribution in [0.2, 0.25) is 0 Å². The highest BCUT2D eigenvalue weighted by atomic mass is 35.5. The van der Waals surface area contributed by atoms with E-state index in [0.29, 0.717) is 23.0 Å². The molecule has 0 saturated carbocycles. The molecule has 0 unspecified atom stereocenters. The predicted octanol–water partition coefficient (Wildman–Crippen LogP) is 4.53. The van der Waals surface area contributed by atoms with Gasteiger partial charge in [0.1, 0.15) is 11.3 Å². The van der Waals surface area contributed by atoms with Crippen LogP contribution in [0.5, 0.6) is 0 Å². The Balaban J connectivity index is 0.000000817. The number of benzene rings is 1. The van der Waals surface area contributed by atoms with E-state index in [0.717, 1.165) is 40.1 Å². The van der Waals surface area contributed by atoms with Crippen molar-refractivity contribution in [3.05, 3.63) is 58.7 Å². The number of nitrogens with two attached hydrogens (primary N) is 2. The van der Waals surface area contributed by atoms with Crippen molar-refractivity contribution in [2.75, 3.05) is 26.1 Å². The lowest BCUT2D eigenvalue weighted by molar-refractivity contribution is 0.277. The molecule has 1 aromatic carbocycles. The van der Waals surface area contributed by atoms with E-state index in [2.05, 4.69) is 15.0 Å². The third-order valence-corrected chi connectivity index (χ3v) is 4.51. The molecule has 2 aromatic heterocycles. The van der Waals surface area contributed by atoms with Crippen molar-refractivity contribution in [3.63, 3.8) is 0 Å². The molecule has 3 rings (SSSR count). The Hall–Kier alpha value is -2.19. The van der Waals surface area contributed by atoms with Crippen molar-refractivity contribution in [3.8, 4) is 11.5 Å². The maximum atomic E-state index is 6.03. The first-order chi connectivity index (χ1) is 13.1. The third-order valence-electron chi connectivity index (χ3n) is 3.51. The van der Waals surface area contributed by atoms with Gasteiger partial charge in [-0.25, -0.2) is 0 Å². The summed E-state index contributed by atoms with van der Waals surface area (Å²) in [5.74, 6) is 0.751. The van der Waals surface area contributed by atoms with Crippen LogP contribution in [0.25, 0.3) is 22.4 Å². The lowest BCUT2D eigenvalue weighted by atomic mass is 10.2. The molecule has 6 nitrogen and oxygen atoms in total. The molecule has 0 radical (unpaired) electrons. The minimum absolute atomic E-state index is 0.442. The largest absolute Gasteiger partial charge is 0.454 e. The molecular formula is C19H23ClN4O2S. The maximum absolute atomic E-state index is 6.03. The van der Waals surface area contributed by atoms with E-state index < -0.39 is 0 Å². The Morgan fingerprint density at radius 1 is 1.26 bits per heavy atom. The second-order valence-electron chi connectivity index (χ2n) is 5.55. The summed E-state index contributed by atoms with van der Waals surface area (Å²) in [6, 6.07) is 13.7. The van der Waals surface area contributed by atoms with Crippen LogP contribution < -0.4 is 16.2 Å². The van der Waals surface area contributed by atoms with Gasteiger partial charge >= 0.3 is 0 Å². The Kier molecular flexibility index (Phi) is 8.47. The van der Waals surface area contributed by atoms with Crippen molar-refractivity contribution in [2.45, 2.75) is 6.42 Å². The smallest absolute Gasteiger partial charge is 0.153 e. The van der Waals surface area contributed by atoms with Crippen LogP contribution in [-0.2, 0) is 4.74 Å². The number of methoxy groups -OCH3 is 1. The maximum Gasteiger partial charge on any atom is 0.153 e. The Labute approximate surface area is 168 Å². The SMILES string of the molecule is COC.NS/C(N)=C(/Cl)CCNc1ccc(-c2cc3ccccc3o2)nc1. The molecule has 3 aromatic rings. The van der Waals surface area contributed by atoms with Crippen LogP contribution in [0, 0.1) is 0 Å². The van der Waals surface area contributed by atoms with Crippen molar-refractivity contribution >= 4 is 40.2 Å². The molecule has 5 N–H and O–H groups in total. The monoisotopic (exact) mass is 406 g/mol. The van der Waals surface area contributed by atoms with Gasteiger partial charge in [0.05, 0.1) is 21.9 Å². The van der Waals surface area contributed by atoms with E-state index in [-0.39, 0.29) is 0 Å². The highest BCUT2D eigenvalue weighted by Gasteiger charge is 2.07. The molecule has 144 valence electrons. The first-order valence-electron chi connectivity index (χ1n) is 8.19. The number of hydrogen-bond acceptors (Lipinski definition) is 7. The Morgan fingerprint density at radius 3 is 2.63 bits per heavy atom. The summed E-state index contributed by atoms with van der Waals surface area (Å²) in [6.45, 7) is 0.645. The van der Waals surface area contributed by atoms with Crippen molar-refractivity contribution in [1.29, 1.82) is 0 Å². The van der Waals surface area contributed by atoms with E-state index in [1.807, 2.05) is 42.5 Å². The molecule has 0 spiro atoms. The van der Waals surface area contributed by atoms with Crippen LogP contribution in [0.1, 0.15) is 6.42 Å². The average molecular weight is 407 g/mol. The first kappa shape index (κ1) is 21.1. The van der Waals surface area contributed by atoms with Gasteiger partial charge in [-0.1, -0.05) is 29.8 Å². The molecule has 0 fully saturated rings. The quantitative estimate of drug-likeness (QED) is 0.517. The number of aromatic nitrogens is 1. The zero-order valence-corrected chi connectivity index (χ0v) is 16.8. The molecule has 0 bridgehead atoms. The number of hydrogen-bond donors (Lipinski definition) is 3. The van der Waals surface area contributed by atoms with Crippen molar-refractivity contribution < 1.29 is 9.15 Å². The first-order valence-corrected chi connectivity index (χ1v) is 9.44. The summed E-state index contributed by atoms with van der Waals surface area (Å²) in [5.41, 5.74) is 8.19. The van der Waals surface area contributed by atoms with Gasteiger partial charge in [-0.2, -0.15) is 0 Å². The predicted molar refractivity (Wildman–Crippen MR) is 114 cm³/mol. The van der Waals surface area contributed by atoms with Crippen molar-refractivity contribution in [1.82, 2.24) is 4.98 Å². The second kappa shape index (κ2) is 10.8. The summed E-state index contributed by atoms with van der Waals surface area (Å²) in [7, 11) is 3.25. The fraction of sp³-hybridized carbons (Fsp3) is 0.211. The fourth-order valence-corrected chi connectivity index (χ4v) is 2.71. The van der Waals surface area contributed by atoms with Crippen LogP contribution in [0.4, 0.5) is 5.69 Å². The Morgan fingerprint density at radius 2 is 2.00 bits per heavy atom. The number of rotatable bonds is 6. The van der Waals surface area contributed by atoms with Gasteiger partial charge in [0.2, 0.25) is 0 Å². The van der Waals surface area contributed by atoms with E-state index in [4.69, 9.17) is 26.9 Å².